The van der Waals surface area contributed by atoms with Gasteiger partial charge in [-0.1, -0.05) is 35.0 Å². The Bertz CT molecular complexity index is 762. The maximum atomic E-state index is 10.9. The lowest BCUT2D eigenvalue weighted by molar-refractivity contribution is -0.386. The lowest BCUT2D eigenvalue weighted by atomic mass is 10.3. The van der Waals surface area contributed by atoms with E-state index in [-0.39, 0.29) is 19.8 Å². The van der Waals surface area contributed by atoms with E-state index in [0.717, 1.165) is 12.1 Å². The molecule has 2 aromatic rings. The minimum Gasteiger partial charge on any atom is -0.501 e. The van der Waals surface area contributed by atoms with Crippen LogP contribution in [0, 0.1) is 20.2 Å². The van der Waals surface area contributed by atoms with Gasteiger partial charge in [-0.3, -0.25) is 20.2 Å². The molecule has 0 saturated carbocycles. The van der Waals surface area contributed by atoms with Crippen molar-refractivity contribution in [1.29, 1.82) is 0 Å². The molecule has 0 spiro atoms. The zero-order chi connectivity index (χ0) is 17.3. The molecule has 2 N–H and O–H groups in total. The largest absolute Gasteiger partial charge is 0.501 e. The first-order valence-corrected chi connectivity index (χ1v) is 7.29. The number of nitro groups is 2. The van der Waals surface area contributed by atoms with Crippen molar-refractivity contribution in [3.8, 4) is 11.5 Å². The molecule has 8 nitrogen and oxygen atoms in total. The summed E-state index contributed by atoms with van der Waals surface area (Å²) in [7, 11) is 0. The second-order valence-corrected chi connectivity index (χ2v) is 6.12. The van der Waals surface area contributed by atoms with Crippen LogP contribution < -0.4 is 0 Å². The van der Waals surface area contributed by atoms with Crippen molar-refractivity contribution in [2.75, 3.05) is 0 Å². The maximum absolute atomic E-state index is 10.9. The Hall–Kier alpha value is -2.23. The first kappa shape index (κ1) is 17.1. The molecule has 0 unspecified atom stereocenters. The molecular formula is C12H6Cl2N2O6S. The van der Waals surface area contributed by atoms with Crippen molar-refractivity contribution in [2.24, 2.45) is 0 Å². The highest BCUT2D eigenvalue weighted by molar-refractivity contribution is 7.99. The molecule has 2 aromatic carbocycles. The predicted molar refractivity (Wildman–Crippen MR) is 83.7 cm³/mol. The average molecular weight is 377 g/mol. The molecule has 23 heavy (non-hydrogen) atoms. The summed E-state index contributed by atoms with van der Waals surface area (Å²) in [6, 6.07) is 4.37. The van der Waals surface area contributed by atoms with E-state index in [1.807, 2.05) is 0 Å². The number of hydrogen-bond donors (Lipinski definition) is 2. The lowest BCUT2D eigenvalue weighted by Gasteiger charge is -2.08. The number of hydrogen-bond acceptors (Lipinski definition) is 7. The molecule has 0 aliphatic rings. The Kier molecular flexibility index (Phi) is 4.83. The van der Waals surface area contributed by atoms with Gasteiger partial charge in [-0.15, -0.1) is 0 Å². The summed E-state index contributed by atoms with van der Waals surface area (Å²) < 4.78 is 0. The number of phenols is 2. The zero-order valence-electron chi connectivity index (χ0n) is 10.9. The highest BCUT2D eigenvalue weighted by atomic mass is 35.5. The molecular weight excluding hydrogens is 371 g/mol. The van der Waals surface area contributed by atoms with Crippen LogP contribution in [0.3, 0.4) is 0 Å². The van der Waals surface area contributed by atoms with Crippen molar-refractivity contribution in [2.45, 2.75) is 9.79 Å². The SMILES string of the molecule is O=[N+]([O-])c1cc(Cl)cc(Sc2cc(Cl)cc([N+](=O)[O-])c2O)c1O. The van der Waals surface area contributed by atoms with Crippen molar-refractivity contribution >= 4 is 46.3 Å². The first-order valence-electron chi connectivity index (χ1n) is 5.72. The van der Waals surface area contributed by atoms with Crippen LogP contribution in [0.1, 0.15) is 0 Å². The summed E-state index contributed by atoms with van der Waals surface area (Å²) in [6.07, 6.45) is 0. The Morgan fingerprint density at radius 3 is 1.48 bits per heavy atom. The molecule has 120 valence electrons. The standard InChI is InChI=1S/C12H6Cl2N2O6S/c13-5-1-7(15(19)20)11(17)9(3-5)23-10-4-6(14)2-8(12(10)18)16(21)22/h1-4,17-18H. The number of nitro benzene ring substituents is 2. The fraction of sp³-hybridized carbons (Fsp3) is 0. The summed E-state index contributed by atoms with van der Waals surface area (Å²) in [5.74, 6) is -1.35. The quantitative estimate of drug-likeness (QED) is 0.598. The molecule has 0 aromatic heterocycles. The Balaban J connectivity index is 2.56. The van der Waals surface area contributed by atoms with Gasteiger partial charge in [0.15, 0.2) is 0 Å². The normalized spacial score (nSPS) is 10.5. The van der Waals surface area contributed by atoms with Crippen LogP contribution in [0.25, 0.3) is 0 Å². The predicted octanol–water partition coefficient (Wildman–Crippen LogP) is 4.37. The third kappa shape index (κ3) is 3.58. The van der Waals surface area contributed by atoms with Crippen molar-refractivity contribution in [3.05, 3.63) is 54.5 Å². The second kappa shape index (κ2) is 6.49. The third-order valence-electron chi connectivity index (χ3n) is 2.65. The van der Waals surface area contributed by atoms with Crippen LogP contribution in [0.5, 0.6) is 11.5 Å². The number of aromatic hydroxyl groups is 2. The number of rotatable bonds is 4. The summed E-state index contributed by atoms with van der Waals surface area (Å²) in [5.41, 5.74) is -1.26. The van der Waals surface area contributed by atoms with Crippen LogP contribution in [0.2, 0.25) is 10.0 Å². The van der Waals surface area contributed by atoms with Gasteiger partial charge in [0.1, 0.15) is 0 Å². The highest BCUT2D eigenvalue weighted by Gasteiger charge is 2.23. The minimum atomic E-state index is -0.828. The maximum Gasteiger partial charge on any atom is 0.313 e. The Morgan fingerprint density at radius 1 is 0.826 bits per heavy atom. The molecule has 2 rings (SSSR count). The fourth-order valence-electron chi connectivity index (χ4n) is 1.67. The summed E-state index contributed by atoms with van der Waals surface area (Å²) >= 11 is 12.2. The van der Waals surface area contributed by atoms with Gasteiger partial charge < -0.3 is 10.2 Å². The summed E-state index contributed by atoms with van der Waals surface area (Å²) in [4.78, 5) is 19.9. The van der Waals surface area contributed by atoms with Gasteiger partial charge in [0, 0.05) is 22.2 Å². The van der Waals surface area contributed by atoms with Crippen LogP contribution in [0.15, 0.2) is 34.1 Å². The van der Waals surface area contributed by atoms with E-state index in [1.165, 1.54) is 12.1 Å². The van der Waals surface area contributed by atoms with E-state index in [1.54, 1.807) is 0 Å². The Morgan fingerprint density at radius 2 is 1.17 bits per heavy atom. The van der Waals surface area contributed by atoms with Gasteiger partial charge in [-0.2, -0.15) is 0 Å². The zero-order valence-corrected chi connectivity index (χ0v) is 13.2. The van der Waals surface area contributed by atoms with Crippen LogP contribution in [0.4, 0.5) is 11.4 Å². The molecule has 0 aliphatic heterocycles. The van der Waals surface area contributed by atoms with Crippen LogP contribution >= 0.6 is 35.0 Å². The van der Waals surface area contributed by atoms with Gasteiger partial charge >= 0.3 is 11.4 Å². The molecule has 0 heterocycles. The monoisotopic (exact) mass is 376 g/mol. The van der Waals surface area contributed by atoms with Crippen molar-refractivity contribution < 1.29 is 20.1 Å². The Labute approximate surface area is 142 Å². The average Bonchev–Trinajstić information content (AvgIpc) is 2.45. The summed E-state index contributed by atoms with van der Waals surface area (Å²) in [5, 5.41) is 41.5. The molecule has 0 fully saturated rings. The number of halogens is 2. The third-order valence-corrected chi connectivity index (χ3v) is 4.15. The smallest absolute Gasteiger partial charge is 0.313 e. The topological polar surface area (TPSA) is 127 Å². The van der Waals surface area contributed by atoms with Crippen LogP contribution in [-0.2, 0) is 0 Å². The molecule has 0 atom stereocenters. The molecule has 0 amide bonds. The highest BCUT2D eigenvalue weighted by Crippen LogP contribution is 2.47. The van der Waals surface area contributed by atoms with Gasteiger partial charge in [0.25, 0.3) is 0 Å². The van der Waals surface area contributed by atoms with E-state index in [0.29, 0.717) is 11.8 Å². The van der Waals surface area contributed by atoms with E-state index in [2.05, 4.69) is 0 Å². The summed E-state index contributed by atoms with van der Waals surface area (Å²) in [6.45, 7) is 0. The molecule has 11 heteroatoms. The van der Waals surface area contributed by atoms with Crippen molar-refractivity contribution in [3.63, 3.8) is 0 Å². The molecule has 0 radical (unpaired) electrons. The van der Waals surface area contributed by atoms with Gasteiger partial charge in [0.05, 0.1) is 19.6 Å². The molecule has 0 aliphatic carbocycles. The van der Waals surface area contributed by atoms with E-state index < -0.39 is 32.7 Å². The fourth-order valence-corrected chi connectivity index (χ4v) is 3.24. The lowest BCUT2D eigenvalue weighted by Crippen LogP contribution is -1.92. The van der Waals surface area contributed by atoms with E-state index in [9.17, 15) is 30.4 Å². The van der Waals surface area contributed by atoms with E-state index >= 15 is 0 Å². The molecule has 0 saturated heterocycles. The minimum absolute atomic E-state index is 0.0204. The number of nitrogens with zero attached hydrogens (tertiary/aromatic N) is 2. The van der Waals surface area contributed by atoms with Crippen LogP contribution in [-0.4, -0.2) is 20.1 Å². The first-order chi connectivity index (χ1) is 10.7. The van der Waals surface area contributed by atoms with Gasteiger partial charge in [0.2, 0.25) is 11.5 Å². The number of phenolic OH excluding ortho intramolecular Hbond substituents is 2. The number of benzene rings is 2. The van der Waals surface area contributed by atoms with Crippen molar-refractivity contribution in [1.82, 2.24) is 0 Å². The van der Waals surface area contributed by atoms with Gasteiger partial charge in [-0.25, -0.2) is 0 Å². The second-order valence-electron chi connectivity index (χ2n) is 4.16. The van der Waals surface area contributed by atoms with E-state index in [4.69, 9.17) is 23.2 Å². The van der Waals surface area contributed by atoms with Gasteiger partial charge in [-0.05, 0) is 12.1 Å². The molecule has 0 bridgehead atoms.